The van der Waals surface area contributed by atoms with Crippen LogP contribution in [-0.4, -0.2) is 21.8 Å². The van der Waals surface area contributed by atoms with Crippen molar-refractivity contribution >= 4 is 11.8 Å². The molecule has 130 valence electrons. The van der Waals surface area contributed by atoms with E-state index in [1.165, 1.54) is 24.4 Å². The first kappa shape index (κ1) is 18.4. The lowest BCUT2D eigenvalue weighted by atomic mass is 9.90. The SMILES string of the molecule is CC(C)(C)OC(=O)[C@@](C#N)(c1ccccc1)N(O)c1ncccc1F. The van der Waals surface area contributed by atoms with E-state index in [-0.39, 0.29) is 10.6 Å². The van der Waals surface area contributed by atoms with E-state index in [4.69, 9.17) is 4.74 Å². The molecule has 0 bridgehead atoms. The fourth-order valence-electron chi connectivity index (χ4n) is 2.21. The molecule has 0 aliphatic heterocycles. The number of pyridine rings is 1. The van der Waals surface area contributed by atoms with Crippen LogP contribution >= 0.6 is 0 Å². The summed E-state index contributed by atoms with van der Waals surface area (Å²) < 4.78 is 19.4. The van der Waals surface area contributed by atoms with Gasteiger partial charge in [-0.05, 0) is 32.9 Å². The zero-order valence-electron chi connectivity index (χ0n) is 14.1. The number of hydrogen-bond donors (Lipinski definition) is 1. The highest BCUT2D eigenvalue weighted by Crippen LogP contribution is 2.34. The van der Waals surface area contributed by atoms with Gasteiger partial charge in [0.25, 0.3) is 5.54 Å². The molecule has 1 atom stereocenters. The molecular weight excluding hydrogens is 325 g/mol. The molecule has 7 heteroatoms. The second-order valence-corrected chi connectivity index (χ2v) is 6.31. The topological polar surface area (TPSA) is 86.5 Å². The highest BCUT2D eigenvalue weighted by atomic mass is 19.1. The minimum atomic E-state index is -2.32. The third kappa shape index (κ3) is 3.59. The molecule has 2 rings (SSSR count). The van der Waals surface area contributed by atoms with Crippen molar-refractivity contribution in [2.24, 2.45) is 0 Å². The monoisotopic (exact) mass is 343 g/mol. The van der Waals surface area contributed by atoms with Crippen molar-refractivity contribution in [1.82, 2.24) is 4.98 Å². The Kier molecular flexibility index (Phi) is 5.04. The van der Waals surface area contributed by atoms with Gasteiger partial charge in [-0.2, -0.15) is 10.3 Å². The van der Waals surface area contributed by atoms with E-state index in [0.717, 1.165) is 6.07 Å². The van der Waals surface area contributed by atoms with Gasteiger partial charge in [0, 0.05) is 11.8 Å². The Labute approximate surface area is 145 Å². The number of rotatable bonds is 4. The van der Waals surface area contributed by atoms with E-state index >= 15 is 0 Å². The number of carbonyl (C=O) groups excluding carboxylic acids is 1. The quantitative estimate of drug-likeness (QED) is 0.678. The van der Waals surface area contributed by atoms with Crippen molar-refractivity contribution in [3.63, 3.8) is 0 Å². The van der Waals surface area contributed by atoms with Gasteiger partial charge in [-0.1, -0.05) is 30.3 Å². The van der Waals surface area contributed by atoms with E-state index in [9.17, 15) is 19.7 Å². The fraction of sp³-hybridized carbons (Fsp3) is 0.278. The molecule has 0 radical (unpaired) electrons. The molecular formula is C18H18FN3O3. The smallest absolute Gasteiger partial charge is 0.354 e. The molecule has 6 nitrogen and oxygen atoms in total. The summed E-state index contributed by atoms with van der Waals surface area (Å²) in [5.41, 5.74) is -3.11. The Morgan fingerprint density at radius 1 is 1.24 bits per heavy atom. The molecule has 0 unspecified atom stereocenters. The molecule has 0 saturated heterocycles. The van der Waals surface area contributed by atoms with Crippen molar-refractivity contribution in [3.05, 3.63) is 60.0 Å². The molecule has 2 aromatic rings. The van der Waals surface area contributed by atoms with Gasteiger partial charge in [0.05, 0.1) is 0 Å². The van der Waals surface area contributed by atoms with Crippen LogP contribution in [0.15, 0.2) is 48.7 Å². The van der Waals surface area contributed by atoms with E-state index < -0.39 is 28.7 Å². The molecule has 1 heterocycles. The Hall–Kier alpha value is -2.98. The minimum Gasteiger partial charge on any atom is -0.457 e. The van der Waals surface area contributed by atoms with Gasteiger partial charge in [-0.25, -0.2) is 14.2 Å². The van der Waals surface area contributed by atoms with Gasteiger partial charge in [-0.3, -0.25) is 5.21 Å². The molecule has 1 aromatic heterocycles. The zero-order valence-corrected chi connectivity index (χ0v) is 14.1. The van der Waals surface area contributed by atoms with Crippen LogP contribution in [0.3, 0.4) is 0 Å². The standard InChI is InChI=1S/C18H18FN3O3/c1-17(2,3)25-16(23)18(12-20,13-8-5-4-6-9-13)22(24)15-14(19)10-7-11-21-15/h4-11,24H,1-3H3/t18-/m1/s1. The number of nitriles is 1. The second kappa shape index (κ2) is 6.87. The van der Waals surface area contributed by atoms with Crippen LogP contribution in [0.5, 0.6) is 0 Å². The van der Waals surface area contributed by atoms with Gasteiger partial charge < -0.3 is 4.74 Å². The van der Waals surface area contributed by atoms with E-state index in [2.05, 4.69) is 4.98 Å². The summed E-state index contributed by atoms with van der Waals surface area (Å²) in [4.78, 5) is 16.6. The van der Waals surface area contributed by atoms with Crippen molar-refractivity contribution in [2.75, 3.05) is 5.06 Å². The maximum Gasteiger partial charge on any atom is 0.354 e. The average Bonchev–Trinajstić information content (AvgIpc) is 2.55. The minimum absolute atomic E-state index is 0.124. The average molecular weight is 343 g/mol. The Bertz CT molecular complexity index is 799. The van der Waals surface area contributed by atoms with Gasteiger partial charge >= 0.3 is 5.97 Å². The summed E-state index contributed by atoms with van der Waals surface area (Å²) in [6.07, 6.45) is 1.24. The Morgan fingerprint density at radius 2 is 1.88 bits per heavy atom. The third-order valence-electron chi connectivity index (χ3n) is 3.31. The maximum atomic E-state index is 14.1. The van der Waals surface area contributed by atoms with Crippen LogP contribution < -0.4 is 5.06 Å². The van der Waals surface area contributed by atoms with Crippen LogP contribution in [0.1, 0.15) is 26.3 Å². The fourth-order valence-corrected chi connectivity index (χ4v) is 2.21. The van der Waals surface area contributed by atoms with Crippen molar-refractivity contribution in [1.29, 1.82) is 5.26 Å². The van der Waals surface area contributed by atoms with Crippen LogP contribution in [0, 0.1) is 17.1 Å². The summed E-state index contributed by atoms with van der Waals surface area (Å²) in [5.74, 6) is -2.48. The molecule has 0 saturated carbocycles. The van der Waals surface area contributed by atoms with Crippen LogP contribution in [0.2, 0.25) is 0 Å². The number of anilines is 1. The Balaban J connectivity index is 2.66. The number of aromatic nitrogens is 1. The first-order valence-electron chi connectivity index (χ1n) is 7.52. The predicted molar refractivity (Wildman–Crippen MR) is 88.0 cm³/mol. The molecule has 0 aliphatic carbocycles. The molecule has 0 aliphatic rings. The molecule has 0 amide bonds. The number of ether oxygens (including phenoxy) is 1. The summed E-state index contributed by atoms with van der Waals surface area (Å²) in [6.45, 7) is 4.88. The molecule has 25 heavy (non-hydrogen) atoms. The first-order valence-corrected chi connectivity index (χ1v) is 7.52. The van der Waals surface area contributed by atoms with E-state index in [1.54, 1.807) is 45.0 Å². The lowest BCUT2D eigenvalue weighted by Crippen LogP contribution is -2.53. The number of halogens is 1. The third-order valence-corrected chi connectivity index (χ3v) is 3.31. The van der Waals surface area contributed by atoms with Gasteiger partial charge in [0.15, 0.2) is 11.6 Å². The summed E-state index contributed by atoms with van der Waals surface area (Å²) in [6, 6.07) is 12.0. The van der Waals surface area contributed by atoms with Crippen LogP contribution in [-0.2, 0) is 15.1 Å². The maximum absolute atomic E-state index is 14.1. The normalized spacial score (nSPS) is 13.4. The summed E-state index contributed by atoms with van der Waals surface area (Å²) >= 11 is 0. The molecule has 1 N–H and O–H groups in total. The lowest BCUT2D eigenvalue weighted by Gasteiger charge is -2.35. The second-order valence-electron chi connectivity index (χ2n) is 6.31. The van der Waals surface area contributed by atoms with Gasteiger partial charge in [0.2, 0.25) is 0 Å². The van der Waals surface area contributed by atoms with Crippen molar-refractivity contribution < 1.29 is 19.1 Å². The number of hydrogen-bond acceptors (Lipinski definition) is 6. The largest absolute Gasteiger partial charge is 0.457 e. The summed E-state index contributed by atoms with van der Waals surface area (Å²) in [5, 5.41) is 20.7. The highest BCUT2D eigenvalue weighted by Gasteiger charge is 2.51. The van der Waals surface area contributed by atoms with Crippen molar-refractivity contribution in [2.45, 2.75) is 31.9 Å². The predicted octanol–water partition coefficient (Wildman–Crippen LogP) is 3.18. The number of nitrogens with zero attached hydrogens (tertiary/aromatic N) is 3. The molecule has 1 aromatic carbocycles. The number of benzene rings is 1. The zero-order chi connectivity index (χ0) is 18.7. The van der Waals surface area contributed by atoms with Crippen molar-refractivity contribution in [3.8, 4) is 6.07 Å². The highest BCUT2D eigenvalue weighted by molar-refractivity contribution is 5.90. The summed E-state index contributed by atoms with van der Waals surface area (Å²) in [7, 11) is 0. The van der Waals surface area contributed by atoms with Crippen LogP contribution in [0.25, 0.3) is 0 Å². The van der Waals surface area contributed by atoms with E-state index in [0.29, 0.717) is 0 Å². The number of esters is 1. The number of hydroxylamine groups is 1. The van der Waals surface area contributed by atoms with Gasteiger partial charge in [0.1, 0.15) is 11.7 Å². The van der Waals surface area contributed by atoms with Gasteiger partial charge in [-0.15, -0.1) is 0 Å². The lowest BCUT2D eigenvalue weighted by molar-refractivity contribution is -0.162. The molecule has 0 fully saturated rings. The van der Waals surface area contributed by atoms with E-state index in [1.807, 2.05) is 0 Å². The molecule has 0 spiro atoms. The first-order chi connectivity index (χ1) is 11.7. The van der Waals surface area contributed by atoms with Crippen LogP contribution in [0.4, 0.5) is 10.2 Å². The number of carbonyl (C=O) groups is 1. The Morgan fingerprint density at radius 3 is 2.40 bits per heavy atom.